The average molecular weight is 588 g/mol. The zero-order chi connectivity index (χ0) is 25.0. The van der Waals surface area contributed by atoms with Crippen LogP contribution in [0.15, 0.2) is 42.5 Å². The molecule has 0 atom stereocenters. The molecule has 178 valence electrons. The normalized spacial score (nSPS) is 10.5. The van der Waals surface area contributed by atoms with Gasteiger partial charge in [-0.15, -0.1) is 0 Å². The monoisotopic (exact) mass is 588 g/mol. The van der Waals surface area contributed by atoms with Crippen LogP contribution in [0.25, 0.3) is 0 Å². The molecule has 3 aromatic rings. The number of halogens is 4. The van der Waals surface area contributed by atoms with Crippen molar-refractivity contribution in [1.82, 2.24) is 0 Å². The predicted molar refractivity (Wildman–Crippen MR) is 124 cm³/mol. The molecule has 0 aliphatic heterocycles. The maximum absolute atomic E-state index is 14.5. The minimum atomic E-state index is -1.43. The summed E-state index contributed by atoms with van der Waals surface area (Å²) < 4.78 is 58.5. The molecule has 0 saturated carbocycles. The molecule has 34 heavy (non-hydrogen) atoms. The summed E-state index contributed by atoms with van der Waals surface area (Å²) >= 11 is 1.87. The van der Waals surface area contributed by atoms with Crippen molar-refractivity contribution in [3.63, 3.8) is 0 Å². The number of carbonyl (C=O) groups excluding carboxylic acids is 1. The van der Waals surface area contributed by atoms with Gasteiger partial charge in [-0.05, 0) is 59.0 Å². The highest BCUT2D eigenvalue weighted by Crippen LogP contribution is 2.35. The van der Waals surface area contributed by atoms with E-state index >= 15 is 0 Å². The average Bonchev–Trinajstić information content (AvgIpc) is 2.81. The van der Waals surface area contributed by atoms with E-state index in [0.717, 1.165) is 18.2 Å². The van der Waals surface area contributed by atoms with E-state index in [1.54, 1.807) is 0 Å². The number of methoxy groups -OCH3 is 2. The summed E-state index contributed by atoms with van der Waals surface area (Å²) in [6.45, 7) is -0.591. The van der Waals surface area contributed by atoms with Crippen LogP contribution < -0.4 is 14.8 Å². The van der Waals surface area contributed by atoms with Crippen LogP contribution in [0, 0.1) is 31.1 Å². The quantitative estimate of drug-likeness (QED) is 0.155. The van der Waals surface area contributed by atoms with Gasteiger partial charge < -0.3 is 19.5 Å². The second-order valence-corrected chi connectivity index (χ2v) is 7.95. The summed E-state index contributed by atoms with van der Waals surface area (Å²) in [6.07, 6.45) is 0. The Kier molecular flexibility index (Phi) is 7.81. The number of anilines is 2. The molecule has 0 saturated heterocycles. The van der Waals surface area contributed by atoms with E-state index in [4.69, 9.17) is 14.2 Å². The molecule has 0 unspecified atom stereocenters. The second-order valence-electron chi connectivity index (χ2n) is 6.70. The minimum Gasteiger partial charge on any atom is -0.493 e. The summed E-state index contributed by atoms with van der Waals surface area (Å²) in [5.41, 5.74) is -1.73. The summed E-state index contributed by atoms with van der Waals surface area (Å²) in [7, 11) is 2.62. The highest BCUT2D eigenvalue weighted by Gasteiger charge is 2.24. The number of hydrogen-bond donors (Lipinski definition) is 1. The molecule has 0 aliphatic rings. The Labute approximate surface area is 204 Å². The highest BCUT2D eigenvalue weighted by atomic mass is 127. The number of esters is 1. The van der Waals surface area contributed by atoms with Crippen molar-refractivity contribution in [2.45, 2.75) is 6.61 Å². The van der Waals surface area contributed by atoms with E-state index in [1.165, 1.54) is 32.4 Å². The standard InChI is InChI=1S/C22H16F3IN2O6/c1-32-18-7-11(17(28(30)31)9-19(18)33-2)10-34-22(29)13-4-5-14(23)20(25)21(13)27-16-6-3-12(26)8-15(16)24/h3-9,27H,10H2,1-2H3. The number of hydrogen-bond acceptors (Lipinski definition) is 7. The van der Waals surface area contributed by atoms with Gasteiger partial charge in [0, 0.05) is 3.57 Å². The molecule has 3 aromatic carbocycles. The Balaban J connectivity index is 1.93. The van der Waals surface area contributed by atoms with Crippen molar-refractivity contribution in [1.29, 1.82) is 0 Å². The first-order chi connectivity index (χ1) is 16.2. The van der Waals surface area contributed by atoms with Crippen LogP contribution >= 0.6 is 22.6 Å². The third-order valence-electron chi connectivity index (χ3n) is 4.65. The maximum Gasteiger partial charge on any atom is 0.340 e. The van der Waals surface area contributed by atoms with Crippen molar-refractivity contribution >= 4 is 45.6 Å². The van der Waals surface area contributed by atoms with Gasteiger partial charge in [-0.3, -0.25) is 10.1 Å². The first-order valence-electron chi connectivity index (χ1n) is 9.42. The lowest BCUT2D eigenvalue weighted by Gasteiger charge is -2.15. The largest absolute Gasteiger partial charge is 0.493 e. The highest BCUT2D eigenvalue weighted by molar-refractivity contribution is 14.1. The number of benzene rings is 3. The van der Waals surface area contributed by atoms with Crippen molar-refractivity contribution in [2.24, 2.45) is 0 Å². The van der Waals surface area contributed by atoms with Crippen molar-refractivity contribution < 1.29 is 37.1 Å². The number of carbonyl (C=O) groups is 1. The van der Waals surface area contributed by atoms with Crippen LogP contribution in [-0.4, -0.2) is 25.1 Å². The number of nitrogens with one attached hydrogen (secondary N) is 1. The van der Waals surface area contributed by atoms with Gasteiger partial charge in [-0.25, -0.2) is 18.0 Å². The predicted octanol–water partition coefficient (Wildman–Crippen LogP) is 5.73. The zero-order valence-electron chi connectivity index (χ0n) is 17.7. The topological polar surface area (TPSA) is 99.9 Å². The van der Waals surface area contributed by atoms with E-state index in [0.29, 0.717) is 9.64 Å². The van der Waals surface area contributed by atoms with Crippen LogP contribution in [0.3, 0.4) is 0 Å². The van der Waals surface area contributed by atoms with Gasteiger partial charge in [0.25, 0.3) is 5.69 Å². The van der Waals surface area contributed by atoms with Crippen LogP contribution in [0.1, 0.15) is 15.9 Å². The zero-order valence-corrected chi connectivity index (χ0v) is 19.8. The van der Waals surface area contributed by atoms with E-state index in [9.17, 15) is 28.1 Å². The molecule has 0 aliphatic carbocycles. The molecular weight excluding hydrogens is 572 g/mol. The van der Waals surface area contributed by atoms with E-state index in [1.807, 2.05) is 22.6 Å². The molecule has 0 heterocycles. The number of nitrogens with zero attached hydrogens (tertiary/aromatic N) is 1. The lowest BCUT2D eigenvalue weighted by Crippen LogP contribution is -2.12. The maximum atomic E-state index is 14.5. The van der Waals surface area contributed by atoms with Gasteiger partial charge in [0.1, 0.15) is 12.4 Å². The number of nitro groups is 1. The van der Waals surface area contributed by atoms with Gasteiger partial charge in [0.2, 0.25) is 0 Å². The summed E-state index contributed by atoms with van der Waals surface area (Å²) in [5, 5.41) is 13.8. The number of nitro benzene ring substituents is 1. The molecule has 0 bridgehead atoms. The summed E-state index contributed by atoms with van der Waals surface area (Å²) in [4.78, 5) is 23.4. The fraction of sp³-hybridized carbons (Fsp3) is 0.136. The SMILES string of the molecule is COc1cc(COC(=O)c2ccc(F)c(F)c2Nc2ccc(I)cc2F)c([N+](=O)[O-])cc1OC. The molecule has 1 N–H and O–H groups in total. The van der Waals surface area contributed by atoms with Crippen molar-refractivity contribution in [2.75, 3.05) is 19.5 Å². The third-order valence-corrected chi connectivity index (χ3v) is 5.32. The van der Waals surface area contributed by atoms with Crippen LogP contribution in [-0.2, 0) is 11.3 Å². The van der Waals surface area contributed by atoms with E-state index < -0.39 is 51.9 Å². The minimum absolute atomic E-state index is 0.0308. The van der Waals surface area contributed by atoms with E-state index in [-0.39, 0.29) is 22.7 Å². The molecule has 0 fully saturated rings. The smallest absolute Gasteiger partial charge is 0.340 e. The Morgan fingerprint density at radius 1 is 1.03 bits per heavy atom. The van der Waals surface area contributed by atoms with Crippen molar-refractivity contribution in [3.8, 4) is 11.5 Å². The number of rotatable bonds is 8. The first kappa shape index (κ1) is 25.1. The molecule has 12 heteroatoms. The molecule has 0 radical (unpaired) electrons. The first-order valence-corrected chi connectivity index (χ1v) is 10.5. The Morgan fingerprint density at radius 3 is 2.32 bits per heavy atom. The molecule has 3 rings (SSSR count). The van der Waals surface area contributed by atoms with Crippen LogP contribution in [0.5, 0.6) is 11.5 Å². The Morgan fingerprint density at radius 2 is 1.71 bits per heavy atom. The molecule has 0 amide bonds. The molecular formula is C22H16F3IN2O6. The van der Waals surface area contributed by atoms with Crippen LogP contribution in [0.4, 0.5) is 30.2 Å². The van der Waals surface area contributed by atoms with Gasteiger partial charge in [0.05, 0.1) is 47.7 Å². The summed E-state index contributed by atoms with van der Waals surface area (Å²) in [5.74, 6) is -4.34. The van der Waals surface area contributed by atoms with Crippen molar-refractivity contribution in [3.05, 3.63) is 84.7 Å². The molecule has 0 aromatic heterocycles. The fourth-order valence-corrected chi connectivity index (χ4v) is 3.44. The Hall–Kier alpha value is -3.55. The fourth-order valence-electron chi connectivity index (χ4n) is 2.99. The van der Waals surface area contributed by atoms with Gasteiger partial charge >= 0.3 is 5.97 Å². The van der Waals surface area contributed by atoms with Gasteiger partial charge in [-0.2, -0.15) is 0 Å². The number of ether oxygens (including phenoxy) is 3. The van der Waals surface area contributed by atoms with E-state index in [2.05, 4.69) is 5.32 Å². The lowest BCUT2D eigenvalue weighted by molar-refractivity contribution is -0.385. The Bertz CT molecular complexity index is 1270. The van der Waals surface area contributed by atoms with Gasteiger partial charge in [0.15, 0.2) is 23.1 Å². The third kappa shape index (κ3) is 5.32. The lowest BCUT2D eigenvalue weighted by atomic mass is 10.1. The molecule has 8 nitrogen and oxygen atoms in total. The second kappa shape index (κ2) is 10.6. The molecule has 0 spiro atoms. The van der Waals surface area contributed by atoms with Crippen LogP contribution in [0.2, 0.25) is 0 Å². The summed E-state index contributed by atoms with van der Waals surface area (Å²) in [6, 6.07) is 8.01. The van der Waals surface area contributed by atoms with Gasteiger partial charge in [-0.1, -0.05) is 0 Å².